The number of hydrogen-bond donors (Lipinski definition) is 0. The molecule has 1 aromatic carbocycles. The van der Waals surface area contributed by atoms with Crippen LogP contribution in [0.15, 0.2) is 30.3 Å². The molecule has 0 spiro atoms. The van der Waals surface area contributed by atoms with E-state index in [1.54, 1.807) is 4.68 Å². The van der Waals surface area contributed by atoms with Gasteiger partial charge in [-0.15, -0.1) is 5.10 Å². The van der Waals surface area contributed by atoms with Crippen LogP contribution in [-0.4, -0.2) is 45.0 Å². The summed E-state index contributed by atoms with van der Waals surface area (Å²) < 4.78 is 12.5. The van der Waals surface area contributed by atoms with E-state index >= 15 is 0 Å². The second-order valence-corrected chi connectivity index (χ2v) is 4.89. The minimum Gasteiger partial charge on any atom is -0.343 e. The summed E-state index contributed by atoms with van der Waals surface area (Å²) in [7, 11) is 0. The van der Waals surface area contributed by atoms with Gasteiger partial charge in [-0.05, 0) is 10.4 Å². The number of rotatable bonds is 2. The third-order valence-corrected chi connectivity index (χ3v) is 3.65. The van der Waals surface area contributed by atoms with E-state index in [2.05, 4.69) is 15.5 Å². The van der Waals surface area contributed by atoms with Crippen molar-refractivity contribution in [3.63, 3.8) is 0 Å². The first-order chi connectivity index (χ1) is 9.83. The fourth-order valence-corrected chi connectivity index (χ4v) is 2.66. The average molecular weight is 272 g/mol. The predicted molar refractivity (Wildman–Crippen MR) is 66.5 cm³/mol. The van der Waals surface area contributed by atoms with Gasteiger partial charge in [0.1, 0.15) is 6.10 Å². The zero-order chi connectivity index (χ0) is 13.5. The second-order valence-electron chi connectivity index (χ2n) is 4.89. The van der Waals surface area contributed by atoms with E-state index in [4.69, 9.17) is 9.47 Å². The second kappa shape index (κ2) is 4.46. The third-order valence-electron chi connectivity index (χ3n) is 3.65. The van der Waals surface area contributed by atoms with Crippen LogP contribution in [0.3, 0.4) is 0 Å². The van der Waals surface area contributed by atoms with Crippen LogP contribution in [0.4, 0.5) is 0 Å². The Balaban J connectivity index is 1.73. The lowest BCUT2D eigenvalue weighted by Crippen LogP contribution is -2.37. The first-order valence-corrected chi connectivity index (χ1v) is 6.46. The minimum absolute atomic E-state index is 0.0572. The van der Waals surface area contributed by atoms with Gasteiger partial charge in [0.25, 0.3) is 0 Å². The number of Topliss-reactive ketones (excluding diaryl/α,β-unsaturated/α-hetero) is 1. The number of carbonyl (C=O) groups is 1. The Morgan fingerprint density at radius 1 is 1.25 bits per heavy atom. The Labute approximate surface area is 114 Å². The molecule has 1 aromatic heterocycles. The summed E-state index contributed by atoms with van der Waals surface area (Å²) in [6.45, 7) is 0.398. The molecule has 7 heteroatoms. The van der Waals surface area contributed by atoms with Crippen molar-refractivity contribution in [1.82, 2.24) is 20.2 Å². The van der Waals surface area contributed by atoms with E-state index in [0.29, 0.717) is 18.9 Å². The molecule has 0 saturated carbocycles. The van der Waals surface area contributed by atoms with Crippen molar-refractivity contribution in [3.8, 4) is 11.4 Å². The van der Waals surface area contributed by atoms with Crippen LogP contribution in [0, 0.1) is 0 Å². The molecule has 2 aromatic rings. The molecule has 2 fully saturated rings. The maximum absolute atomic E-state index is 11.9. The number of hydrogen-bond acceptors (Lipinski definition) is 6. The Morgan fingerprint density at radius 2 is 2.10 bits per heavy atom. The molecule has 3 atom stereocenters. The van der Waals surface area contributed by atoms with Crippen molar-refractivity contribution in [2.45, 2.75) is 24.9 Å². The summed E-state index contributed by atoms with van der Waals surface area (Å²) in [5.74, 6) is 0.579. The average Bonchev–Trinajstić information content (AvgIpc) is 3.13. The quantitative estimate of drug-likeness (QED) is 0.796. The molecule has 2 bridgehead atoms. The van der Waals surface area contributed by atoms with Gasteiger partial charge in [-0.1, -0.05) is 30.3 Å². The molecule has 4 rings (SSSR count). The molecule has 0 radical (unpaired) electrons. The van der Waals surface area contributed by atoms with Gasteiger partial charge in [0.2, 0.25) is 6.29 Å². The van der Waals surface area contributed by atoms with Crippen LogP contribution in [0.2, 0.25) is 0 Å². The molecule has 0 aliphatic carbocycles. The van der Waals surface area contributed by atoms with Crippen molar-refractivity contribution < 1.29 is 14.3 Å². The molecule has 2 aliphatic rings. The molecular weight excluding hydrogens is 260 g/mol. The molecule has 0 amide bonds. The highest BCUT2D eigenvalue weighted by atomic mass is 16.7. The maximum atomic E-state index is 11.9. The van der Waals surface area contributed by atoms with E-state index in [1.165, 1.54) is 0 Å². The fraction of sp³-hybridized carbons (Fsp3) is 0.385. The third kappa shape index (κ3) is 1.75. The summed E-state index contributed by atoms with van der Waals surface area (Å²) in [6.07, 6.45) is -0.545. The molecule has 20 heavy (non-hydrogen) atoms. The molecule has 0 N–H and O–H groups in total. The van der Waals surface area contributed by atoms with Crippen LogP contribution < -0.4 is 0 Å². The summed E-state index contributed by atoms with van der Waals surface area (Å²) in [5, 5.41) is 11.8. The summed E-state index contributed by atoms with van der Waals surface area (Å²) in [5.41, 5.74) is 0.908. The molecular formula is C13H12N4O3. The maximum Gasteiger partial charge on any atom is 0.218 e. The number of tetrazole rings is 1. The molecule has 102 valence electrons. The van der Waals surface area contributed by atoms with Crippen molar-refractivity contribution in [1.29, 1.82) is 0 Å². The SMILES string of the molecule is O=C1C[C@@H](n2nnnc2-c2ccccc2)[C@H]2CO[C@@H]1O2. The number of nitrogens with zero attached hydrogens (tertiary/aromatic N) is 4. The van der Waals surface area contributed by atoms with Gasteiger partial charge in [0, 0.05) is 12.0 Å². The first-order valence-electron chi connectivity index (χ1n) is 6.46. The van der Waals surface area contributed by atoms with Crippen molar-refractivity contribution in [3.05, 3.63) is 30.3 Å². The monoisotopic (exact) mass is 272 g/mol. The van der Waals surface area contributed by atoms with Gasteiger partial charge in [0.05, 0.1) is 12.6 Å². The van der Waals surface area contributed by atoms with E-state index in [0.717, 1.165) is 5.56 Å². The van der Waals surface area contributed by atoms with Gasteiger partial charge >= 0.3 is 0 Å². The van der Waals surface area contributed by atoms with E-state index in [9.17, 15) is 4.79 Å². The highest BCUT2D eigenvalue weighted by Crippen LogP contribution is 2.34. The number of ketones is 1. The summed E-state index contributed by atoms with van der Waals surface area (Å²) >= 11 is 0. The highest BCUT2D eigenvalue weighted by molar-refractivity contribution is 5.83. The molecule has 7 nitrogen and oxygen atoms in total. The Morgan fingerprint density at radius 3 is 2.95 bits per heavy atom. The molecule has 0 unspecified atom stereocenters. The zero-order valence-electron chi connectivity index (χ0n) is 10.5. The van der Waals surface area contributed by atoms with Gasteiger partial charge in [0.15, 0.2) is 11.6 Å². The van der Waals surface area contributed by atoms with Gasteiger partial charge in [-0.2, -0.15) is 0 Å². The Hall–Kier alpha value is -2.12. The van der Waals surface area contributed by atoms with Gasteiger partial charge in [-0.25, -0.2) is 4.68 Å². The van der Waals surface area contributed by atoms with E-state index in [-0.39, 0.29) is 17.9 Å². The molecule has 2 aliphatic heterocycles. The van der Waals surface area contributed by atoms with Crippen LogP contribution in [-0.2, 0) is 14.3 Å². The lowest BCUT2D eigenvalue weighted by Gasteiger charge is -2.26. The van der Waals surface area contributed by atoms with E-state index in [1.807, 2.05) is 30.3 Å². The smallest absolute Gasteiger partial charge is 0.218 e. The lowest BCUT2D eigenvalue weighted by molar-refractivity contribution is -0.156. The summed E-state index contributed by atoms with van der Waals surface area (Å²) in [4.78, 5) is 11.9. The largest absolute Gasteiger partial charge is 0.343 e. The van der Waals surface area contributed by atoms with Crippen molar-refractivity contribution >= 4 is 5.78 Å². The molecule has 3 heterocycles. The molecule has 2 saturated heterocycles. The Kier molecular flexibility index (Phi) is 2.61. The van der Waals surface area contributed by atoms with Gasteiger partial charge in [-0.3, -0.25) is 4.79 Å². The topological polar surface area (TPSA) is 79.1 Å². The Bertz CT molecular complexity index is 642. The fourth-order valence-electron chi connectivity index (χ4n) is 2.66. The number of carbonyl (C=O) groups excluding carboxylic acids is 1. The standard InChI is InChI=1S/C13H12N4O3/c18-10-6-9(11-7-19-13(10)20-11)17-12(14-15-16-17)8-4-2-1-3-5-8/h1-5,9,11,13H,6-7H2/t9-,11-,13-/m1/s1. The lowest BCUT2D eigenvalue weighted by atomic mass is 10.0. The van der Waals surface area contributed by atoms with E-state index < -0.39 is 6.29 Å². The van der Waals surface area contributed by atoms with Crippen molar-refractivity contribution in [2.24, 2.45) is 0 Å². The van der Waals surface area contributed by atoms with Gasteiger partial charge < -0.3 is 9.47 Å². The zero-order valence-corrected chi connectivity index (χ0v) is 10.5. The van der Waals surface area contributed by atoms with Crippen LogP contribution in [0.1, 0.15) is 12.5 Å². The number of benzene rings is 1. The van der Waals surface area contributed by atoms with Crippen molar-refractivity contribution in [2.75, 3.05) is 6.61 Å². The van der Waals surface area contributed by atoms with Crippen LogP contribution in [0.25, 0.3) is 11.4 Å². The van der Waals surface area contributed by atoms with Crippen LogP contribution in [0.5, 0.6) is 0 Å². The predicted octanol–water partition coefficient (Wildman–Crippen LogP) is 0.595. The normalized spacial score (nSPS) is 28.8. The number of aromatic nitrogens is 4. The summed E-state index contributed by atoms with van der Waals surface area (Å²) in [6, 6.07) is 9.42. The number of fused-ring (bicyclic) bond motifs is 2. The highest BCUT2D eigenvalue weighted by Gasteiger charge is 2.45. The minimum atomic E-state index is -0.701. The number of ether oxygens (including phenoxy) is 2. The first kappa shape index (κ1) is 11.7. The van der Waals surface area contributed by atoms with Crippen LogP contribution >= 0.6 is 0 Å².